The Bertz CT molecular complexity index is 193. The molecule has 1 rings (SSSR count). The summed E-state index contributed by atoms with van der Waals surface area (Å²) in [6, 6.07) is 12.0. The van der Waals surface area contributed by atoms with Crippen molar-refractivity contribution >= 4 is 0 Å². The molecule has 0 amide bonds. The molecule has 0 saturated carbocycles. The summed E-state index contributed by atoms with van der Waals surface area (Å²) in [5, 5.41) is 3.13. The van der Waals surface area contributed by atoms with Gasteiger partial charge in [0.2, 0.25) is 0 Å². The van der Waals surface area contributed by atoms with Crippen LogP contribution < -0.4 is 5.32 Å². The van der Waals surface area contributed by atoms with Crippen molar-refractivity contribution in [2.24, 2.45) is 0 Å². The fourth-order valence-electron chi connectivity index (χ4n) is 1.07. The lowest BCUT2D eigenvalue weighted by Gasteiger charge is -2.07. The number of rotatable bonds is 3. The van der Waals surface area contributed by atoms with Crippen molar-refractivity contribution in [2.45, 2.75) is 12.8 Å². The van der Waals surface area contributed by atoms with Gasteiger partial charge in [0, 0.05) is 18.0 Å². The summed E-state index contributed by atoms with van der Waals surface area (Å²) in [6.07, 6.45) is 0. The second-order valence-corrected chi connectivity index (χ2v) is 2.71. The highest BCUT2D eigenvalue weighted by Crippen LogP contribution is 2.09. The second kappa shape index (κ2) is 4.00. The summed E-state index contributed by atoms with van der Waals surface area (Å²) in [4.78, 5) is 0. The maximum absolute atomic E-state index is 3.13. The number of hydrogen-bond acceptors (Lipinski definition) is 1. The average Bonchev–Trinajstić information content (AvgIpc) is 2.07. The fraction of sp³-hybridized carbons (Fsp3) is 0.400. The maximum atomic E-state index is 3.13. The van der Waals surface area contributed by atoms with Gasteiger partial charge in [-0.15, -0.1) is 0 Å². The standard InChI is InChI=1S/C10H13N/c1-9(8-11-2)10-6-4-3-5-7-10/h3-4,6,9,11H,8H2,1-2H3. The molecular weight excluding hydrogens is 134 g/mol. The minimum Gasteiger partial charge on any atom is -0.319 e. The zero-order chi connectivity index (χ0) is 8.10. The lowest BCUT2D eigenvalue weighted by atomic mass is 10.0. The molecule has 0 spiro atoms. The molecule has 0 bridgehead atoms. The zero-order valence-electron chi connectivity index (χ0n) is 7.02. The van der Waals surface area contributed by atoms with Crippen molar-refractivity contribution in [3.05, 3.63) is 35.9 Å². The van der Waals surface area contributed by atoms with E-state index in [1.54, 1.807) is 0 Å². The largest absolute Gasteiger partial charge is 0.319 e. The molecule has 0 fully saturated rings. The first-order valence-electron chi connectivity index (χ1n) is 3.87. The number of hydrogen-bond donors (Lipinski definition) is 1. The van der Waals surface area contributed by atoms with Crippen molar-refractivity contribution < 1.29 is 0 Å². The van der Waals surface area contributed by atoms with E-state index in [4.69, 9.17) is 0 Å². The van der Waals surface area contributed by atoms with E-state index in [9.17, 15) is 0 Å². The molecule has 0 aromatic heterocycles. The van der Waals surface area contributed by atoms with Crippen molar-refractivity contribution in [3.63, 3.8) is 0 Å². The van der Waals surface area contributed by atoms with E-state index in [1.807, 2.05) is 19.2 Å². The van der Waals surface area contributed by atoms with Gasteiger partial charge in [0.1, 0.15) is 0 Å². The normalized spacial score (nSPS) is 12.2. The second-order valence-electron chi connectivity index (χ2n) is 2.71. The van der Waals surface area contributed by atoms with E-state index in [0.29, 0.717) is 5.92 Å². The van der Waals surface area contributed by atoms with Gasteiger partial charge in [0.05, 0.1) is 0 Å². The average molecular weight is 147 g/mol. The first kappa shape index (κ1) is 8.10. The molecule has 1 heteroatoms. The molecular formula is C10H13N. The highest BCUT2D eigenvalue weighted by molar-refractivity contribution is 5.12. The molecule has 0 radical (unpaired) electrons. The zero-order valence-corrected chi connectivity index (χ0v) is 7.02. The Labute approximate surface area is 68.4 Å². The van der Waals surface area contributed by atoms with Crippen molar-refractivity contribution in [1.82, 2.24) is 5.32 Å². The van der Waals surface area contributed by atoms with Crippen LogP contribution in [0.1, 0.15) is 18.4 Å². The predicted molar refractivity (Wildman–Crippen MR) is 46.5 cm³/mol. The topological polar surface area (TPSA) is 12.0 Å². The van der Waals surface area contributed by atoms with E-state index in [-0.39, 0.29) is 0 Å². The minimum absolute atomic E-state index is 0.525. The van der Waals surface area contributed by atoms with Gasteiger partial charge in [0.25, 0.3) is 0 Å². The Morgan fingerprint density at radius 2 is 2.45 bits per heavy atom. The van der Waals surface area contributed by atoms with Gasteiger partial charge in [-0.3, -0.25) is 0 Å². The van der Waals surface area contributed by atoms with Crippen LogP contribution in [-0.2, 0) is 0 Å². The first-order valence-corrected chi connectivity index (χ1v) is 3.87. The molecule has 0 aliphatic rings. The molecule has 1 N–H and O–H groups in total. The van der Waals surface area contributed by atoms with E-state index >= 15 is 0 Å². The molecule has 0 heterocycles. The summed E-state index contributed by atoms with van der Waals surface area (Å²) >= 11 is 0. The van der Waals surface area contributed by atoms with Gasteiger partial charge >= 0.3 is 0 Å². The Hall–Kier alpha value is -1.00. The highest BCUT2D eigenvalue weighted by Gasteiger charge is 2.01. The van der Waals surface area contributed by atoms with E-state index in [2.05, 4.69) is 30.4 Å². The molecule has 1 aromatic rings. The molecule has 1 aromatic carbocycles. The molecule has 0 aliphatic heterocycles. The Morgan fingerprint density at radius 1 is 1.64 bits per heavy atom. The quantitative estimate of drug-likeness (QED) is 0.685. The summed E-state index contributed by atoms with van der Waals surface area (Å²) in [7, 11) is 1.96. The van der Waals surface area contributed by atoms with Crippen LogP contribution in [-0.4, -0.2) is 13.6 Å². The number of likely N-dealkylation sites (N-methyl/N-ethyl adjacent to an activating group) is 1. The smallest absolute Gasteiger partial charge is 0.00649 e. The van der Waals surface area contributed by atoms with Gasteiger partial charge in [-0.25, -0.2) is 0 Å². The van der Waals surface area contributed by atoms with Gasteiger partial charge < -0.3 is 5.32 Å². The molecule has 1 nitrogen and oxygen atoms in total. The van der Waals surface area contributed by atoms with Crippen LogP contribution >= 0.6 is 0 Å². The van der Waals surface area contributed by atoms with Gasteiger partial charge in [-0.1, -0.05) is 25.1 Å². The Kier molecular flexibility index (Phi) is 2.95. The third-order valence-electron chi connectivity index (χ3n) is 1.71. The monoisotopic (exact) mass is 147 g/mol. The lowest BCUT2D eigenvalue weighted by molar-refractivity contribution is 0.678. The summed E-state index contributed by atoms with van der Waals surface area (Å²) in [5.41, 5.74) is 1.22. The Balaban J connectivity index is 2.61. The maximum Gasteiger partial charge on any atom is 0.00649 e. The molecule has 11 heavy (non-hydrogen) atoms. The minimum atomic E-state index is 0.525. The predicted octanol–water partition coefficient (Wildman–Crippen LogP) is 1.61. The lowest BCUT2D eigenvalue weighted by Crippen LogP contribution is -2.14. The van der Waals surface area contributed by atoms with E-state index in [0.717, 1.165) is 6.54 Å². The molecule has 1 atom stereocenters. The molecule has 1 unspecified atom stereocenters. The van der Waals surface area contributed by atoms with Crippen LogP contribution in [0.3, 0.4) is 0 Å². The summed E-state index contributed by atoms with van der Waals surface area (Å²) in [6.45, 7) is 3.17. The Morgan fingerprint density at radius 3 is 3.00 bits per heavy atom. The highest BCUT2D eigenvalue weighted by atomic mass is 14.8. The van der Waals surface area contributed by atoms with Crippen LogP contribution in [0.15, 0.2) is 18.2 Å². The van der Waals surface area contributed by atoms with E-state index < -0.39 is 0 Å². The number of nitrogens with one attached hydrogen (secondary N) is 1. The van der Waals surface area contributed by atoms with Gasteiger partial charge in [-0.2, -0.15) is 0 Å². The van der Waals surface area contributed by atoms with Gasteiger partial charge in [0.15, 0.2) is 0 Å². The van der Waals surface area contributed by atoms with Crippen LogP contribution in [0, 0.1) is 12.1 Å². The molecule has 58 valence electrons. The van der Waals surface area contributed by atoms with Crippen LogP contribution in [0.5, 0.6) is 0 Å². The SMILES string of the molecule is CNCC(C)c1c#cccc1. The fourth-order valence-corrected chi connectivity index (χ4v) is 1.07. The van der Waals surface area contributed by atoms with Crippen LogP contribution in [0.2, 0.25) is 0 Å². The third-order valence-corrected chi connectivity index (χ3v) is 1.71. The van der Waals surface area contributed by atoms with Crippen molar-refractivity contribution in [2.75, 3.05) is 13.6 Å². The van der Waals surface area contributed by atoms with Crippen molar-refractivity contribution in [1.29, 1.82) is 0 Å². The van der Waals surface area contributed by atoms with Crippen LogP contribution in [0.25, 0.3) is 0 Å². The summed E-state index contributed by atoms with van der Waals surface area (Å²) in [5.74, 6) is 0.525. The molecule has 0 saturated heterocycles. The van der Waals surface area contributed by atoms with Gasteiger partial charge in [-0.05, 0) is 19.2 Å². The summed E-state index contributed by atoms with van der Waals surface area (Å²) < 4.78 is 0. The van der Waals surface area contributed by atoms with Crippen molar-refractivity contribution in [3.8, 4) is 0 Å². The van der Waals surface area contributed by atoms with E-state index in [1.165, 1.54) is 5.56 Å². The first-order chi connectivity index (χ1) is 5.34. The third kappa shape index (κ3) is 2.25. The molecule has 0 aliphatic carbocycles. The van der Waals surface area contributed by atoms with Crippen LogP contribution in [0.4, 0.5) is 0 Å².